The maximum atomic E-state index is 12.8. The molecule has 2 amide bonds. The lowest BCUT2D eigenvalue weighted by Gasteiger charge is -2.40. The van der Waals surface area contributed by atoms with Crippen molar-refractivity contribution in [2.75, 3.05) is 25.0 Å². The highest BCUT2D eigenvalue weighted by Crippen LogP contribution is 2.37. The van der Waals surface area contributed by atoms with Crippen LogP contribution in [0.3, 0.4) is 0 Å². The van der Waals surface area contributed by atoms with Gasteiger partial charge in [0.1, 0.15) is 0 Å². The predicted octanol–water partition coefficient (Wildman–Crippen LogP) is 5.07. The second-order valence-corrected chi connectivity index (χ2v) is 8.02. The maximum Gasteiger partial charge on any atom is 0.321 e. The van der Waals surface area contributed by atoms with Crippen LogP contribution >= 0.6 is 11.6 Å². The van der Waals surface area contributed by atoms with Gasteiger partial charge in [-0.1, -0.05) is 41.4 Å². The molecule has 154 valence electrons. The van der Waals surface area contributed by atoms with Crippen molar-refractivity contribution in [3.8, 4) is 0 Å². The van der Waals surface area contributed by atoms with Crippen LogP contribution in [0.4, 0.5) is 10.5 Å². The molecule has 1 aliphatic rings. The van der Waals surface area contributed by atoms with Crippen molar-refractivity contribution in [1.29, 1.82) is 0 Å². The Hall–Kier alpha value is -2.53. The number of aryl methyl sites for hydroxylation is 1. The number of rotatable bonds is 5. The second-order valence-electron chi connectivity index (χ2n) is 7.59. The molecule has 6 heteroatoms. The summed E-state index contributed by atoms with van der Waals surface area (Å²) in [6.45, 7) is 5.18. The van der Waals surface area contributed by atoms with Crippen LogP contribution in [0.15, 0.2) is 48.5 Å². The van der Waals surface area contributed by atoms with Gasteiger partial charge in [0.15, 0.2) is 0 Å². The zero-order chi connectivity index (χ0) is 20.9. The molecule has 0 bridgehead atoms. The summed E-state index contributed by atoms with van der Waals surface area (Å²) in [5.41, 5.74) is 2.33. The Kier molecular flexibility index (Phi) is 6.80. The average molecular weight is 415 g/mol. The summed E-state index contributed by atoms with van der Waals surface area (Å²) in [4.78, 5) is 27.2. The summed E-state index contributed by atoms with van der Waals surface area (Å²) in [6.07, 6.45) is 1.71. The molecule has 29 heavy (non-hydrogen) atoms. The van der Waals surface area contributed by atoms with Crippen molar-refractivity contribution in [3.05, 3.63) is 64.7 Å². The van der Waals surface area contributed by atoms with Gasteiger partial charge in [-0.3, -0.25) is 4.79 Å². The number of nitrogens with one attached hydrogen (secondary N) is 1. The monoisotopic (exact) mass is 414 g/mol. The van der Waals surface area contributed by atoms with Gasteiger partial charge in [0.2, 0.25) is 0 Å². The van der Waals surface area contributed by atoms with Crippen LogP contribution in [-0.2, 0) is 16.0 Å². The van der Waals surface area contributed by atoms with E-state index in [1.807, 2.05) is 62.4 Å². The molecule has 0 saturated carbocycles. The standard InChI is InChI=1S/C23H27ClN2O3/c1-3-29-21(27)23(16-18-6-8-19(24)9-7-18)12-14-26(15-13-23)22(28)25-20-10-4-17(2)5-11-20/h4-11H,3,12-16H2,1-2H3,(H,25,28). The van der Waals surface area contributed by atoms with Crippen molar-refractivity contribution in [3.63, 3.8) is 0 Å². The average Bonchev–Trinajstić information content (AvgIpc) is 2.72. The SMILES string of the molecule is CCOC(=O)C1(Cc2ccc(Cl)cc2)CCN(C(=O)Nc2ccc(C)cc2)CC1. The highest BCUT2D eigenvalue weighted by atomic mass is 35.5. The van der Waals surface area contributed by atoms with Crippen molar-refractivity contribution >= 4 is 29.3 Å². The lowest BCUT2D eigenvalue weighted by atomic mass is 9.73. The first-order chi connectivity index (χ1) is 13.9. The molecule has 0 radical (unpaired) electrons. The number of ether oxygens (including phenoxy) is 1. The number of anilines is 1. The van der Waals surface area contributed by atoms with Crippen LogP contribution in [0.2, 0.25) is 5.02 Å². The van der Waals surface area contributed by atoms with Gasteiger partial charge in [-0.05, 0) is 62.9 Å². The lowest BCUT2D eigenvalue weighted by molar-refractivity contribution is -0.158. The van der Waals surface area contributed by atoms with Gasteiger partial charge in [0.25, 0.3) is 0 Å². The van der Waals surface area contributed by atoms with Crippen LogP contribution in [0.1, 0.15) is 30.9 Å². The smallest absolute Gasteiger partial charge is 0.321 e. The van der Waals surface area contributed by atoms with E-state index in [4.69, 9.17) is 16.3 Å². The summed E-state index contributed by atoms with van der Waals surface area (Å²) < 4.78 is 5.40. The van der Waals surface area contributed by atoms with Gasteiger partial charge in [0, 0.05) is 23.8 Å². The van der Waals surface area contributed by atoms with Crippen molar-refractivity contribution < 1.29 is 14.3 Å². The quantitative estimate of drug-likeness (QED) is 0.695. The first kappa shape index (κ1) is 21.2. The van der Waals surface area contributed by atoms with Gasteiger partial charge >= 0.3 is 12.0 Å². The van der Waals surface area contributed by atoms with Crippen molar-refractivity contribution in [1.82, 2.24) is 4.90 Å². The molecule has 5 nitrogen and oxygen atoms in total. The molecule has 0 unspecified atom stereocenters. The van der Waals surface area contributed by atoms with Crippen molar-refractivity contribution in [2.45, 2.75) is 33.1 Å². The summed E-state index contributed by atoms with van der Waals surface area (Å²) >= 11 is 5.99. The van der Waals surface area contributed by atoms with Crippen LogP contribution in [0.5, 0.6) is 0 Å². The molecule has 1 saturated heterocycles. The molecule has 0 aliphatic carbocycles. The fourth-order valence-electron chi connectivity index (χ4n) is 3.71. The zero-order valence-corrected chi connectivity index (χ0v) is 17.7. The van der Waals surface area contributed by atoms with E-state index in [2.05, 4.69) is 5.32 Å². The van der Waals surface area contributed by atoms with Gasteiger partial charge in [-0.25, -0.2) is 4.79 Å². The number of likely N-dealkylation sites (tertiary alicyclic amines) is 1. The second kappa shape index (κ2) is 9.31. The number of carbonyl (C=O) groups is 2. The Labute approximate surface area is 177 Å². The van der Waals surface area contributed by atoms with Gasteiger partial charge in [-0.2, -0.15) is 0 Å². The number of carbonyl (C=O) groups excluding carboxylic acids is 2. The van der Waals surface area contributed by atoms with Gasteiger partial charge < -0.3 is 15.0 Å². The highest BCUT2D eigenvalue weighted by molar-refractivity contribution is 6.30. The Balaban J connectivity index is 1.68. The molecular weight excluding hydrogens is 388 g/mol. The fraction of sp³-hybridized carbons (Fsp3) is 0.391. The maximum absolute atomic E-state index is 12.8. The summed E-state index contributed by atoms with van der Waals surface area (Å²) in [5, 5.41) is 3.60. The summed E-state index contributed by atoms with van der Waals surface area (Å²) in [5.74, 6) is -0.187. The Bertz CT molecular complexity index is 841. The molecule has 3 rings (SSSR count). The first-order valence-corrected chi connectivity index (χ1v) is 10.3. The van der Waals surface area contributed by atoms with Crippen molar-refractivity contribution in [2.24, 2.45) is 5.41 Å². The molecule has 2 aromatic carbocycles. The minimum atomic E-state index is -0.621. The van der Waals surface area contributed by atoms with E-state index in [1.54, 1.807) is 4.90 Å². The lowest BCUT2D eigenvalue weighted by Crippen LogP contribution is -2.49. The van der Waals surface area contributed by atoms with Crippen LogP contribution < -0.4 is 5.32 Å². The zero-order valence-electron chi connectivity index (χ0n) is 16.9. The topological polar surface area (TPSA) is 58.6 Å². The number of piperidine rings is 1. The van der Waals surface area contributed by atoms with E-state index in [-0.39, 0.29) is 12.0 Å². The van der Waals surface area contributed by atoms with E-state index in [0.29, 0.717) is 44.0 Å². The van der Waals surface area contributed by atoms with E-state index in [9.17, 15) is 9.59 Å². The van der Waals surface area contributed by atoms with E-state index < -0.39 is 5.41 Å². The van der Waals surface area contributed by atoms with E-state index >= 15 is 0 Å². The Morgan fingerprint density at radius 1 is 1.07 bits per heavy atom. The number of hydrogen-bond donors (Lipinski definition) is 1. The Morgan fingerprint density at radius 3 is 2.28 bits per heavy atom. The molecule has 1 N–H and O–H groups in total. The fourth-order valence-corrected chi connectivity index (χ4v) is 3.83. The molecular formula is C23H27ClN2O3. The normalized spacial score (nSPS) is 15.6. The highest BCUT2D eigenvalue weighted by Gasteiger charge is 2.43. The summed E-state index contributed by atoms with van der Waals surface area (Å²) in [7, 11) is 0. The largest absolute Gasteiger partial charge is 0.466 e. The Morgan fingerprint density at radius 2 is 1.69 bits per heavy atom. The number of benzene rings is 2. The molecule has 1 fully saturated rings. The number of esters is 1. The van der Waals surface area contributed by atoms with Crippen LogP contribution in [-0.4, -0.2) is 36.6 Å². The van der Waals surface area contributed by atoms with E-state index in [0.717, 1.165) is 16.8 Å². The summed E-state index contributed by atoms with van der Waals surface area (Å²) in [6, 6.07) is 15.1. The van der Waals surface area contributed by atoms with Gasteiger partial charge in [-0.15, -0.1) is 0 Å². The number of amides is 2. The molecule has 1 aliphatic heterocycles. The molecule has 2 aromatic rings. The van der Waals surface area contributed by atoms with Gasteiger partial charge in [0.05, 0.1) is 12.0 Å². The molecule has 1 heterocycles. The third-order valence-electron chi connectivity index (χ3n) is 5.47. The third kappa shape index (κ3) is 5.30. The predicted molar refractivity (Wildman–Crippen MR) is 115 cm³/mol. The number of hydrogen-bond acceptors (Lipinski definition) is 3. The first-order valence-electron chi connectivity index (χ1n) is 9.96. The minimum Gasteiger partial charge on any atom is -0.466 e. The third-order valence-corrected chi connectivity index (χ3v) is 5.73. The molecule has 0 spiro atoms. The number of nitrogens with zero attached hydrogens (tertiary/aromatic N) is 1. The molecule has 0 aromatic heterocycles. The van der Waals surface area contributed by atoms with E-state index in [1.165, 1.54) is 0 Å². The number of urea groups is 1. The van der Waals surface area contributed by atoms with Crippen LogP contribution in [0.25, 0.3) is 0 Å². The molecule has 0 atom stereocenters. The van der Waals surface area contributed by atoms with Crippen LogP contribution in [0, 0.1) is 12.3 Å². The minimum absolute atomic E-state index is 0.141. The number of halogens is 1.